The first-order chi connectivity index (χ1) is 10.1. The predicted molar refractivity (Wildman–Crippen MR) is 85.3 cm³/mol. The number of nitrogens with one attached hydrogen (secondary N) is 1. The van der Waals surface area contributed by atoms with E-state index in [1.54, 1.807) is 6.07 Å². The van der Waals surface area contributed by atoms with E-state index in [9.17, 15) is 4.79 Å². The number of rotatable bonds is 5. The Morgan fingerprint density at radius 1 is 1.29 bits per heavy atom. The fraction of sp³-hybridized carbons (Fsp3) is 0.267. The van der Waals surface area contributed by atoms with E-state index in [4.69, 9.17) is 5.73 Å². The molecule has 0 radical (unpaired) electrons. The van der Waals surface area contributed by atoms with Gasteiger partial charge in [0, 0.05) is 30.0 Å². The van der Waals surface area contributed by atoms with Gasteiger partial charge >= 0.3 is 0 Å². The van der Waals surface area contributed by atoms with Crippen LogP contribution in [0.3, 0.4) is 0 Å². The number of nitrogen functional groups attached to an aromatic ring is 1. The molecule has 0 spiro atoms. The van der Waals surface area contributed by atoms with Gasteiger partial charge in [-0.3, -0.25) is 4.79 Å². The van der Waals surface area contributed by atoms with E-state index in [0.29, 0.717) is 5.82 Å². The Labute approximate surface area is 128 Å². The van der Waals surface area contributed by atoms with Gasteiger partial charge in [-0.1, -0.05) is 18.7 Å². The molecule has 0 atom stereocenters. The second-order valence-electron chi connectivity index (χ2n) is 4.60. The number of hydrogen-bond donors (Lipinski definition) is 2. The molecule has 1 aromatic heterocycles. The van der Waals surface area contributed by atoms with Crippen molar-refractivity contribution < 1.29 is 4.79 Å². The average Bonchev–Trinajstić information content (AvgIpc) is 2.40. The molecule has 0 bridgehead atoms. The zero-order valence-electron chi connectivity index (χ0n) is 12.1. The van der Waals surface area contributed by atoms with Crippen LogP contribution in [-0.2, 0) is 11.2 Å². The summed E-state index contributed by atoms with van der Waals surface area (Å²) in [6.07, 6.45) is 1.80. The maximum Gasteiger partial charge on any atom is 0.221 e. The van der Waals surface area contributed by atoms with Crippen molar-refractivity contribution in [3.8, 4) is 0 Å². The number of aryl methyl sites for hydroxylation is 1. The Kier molecular flexibility index (Phi) is 5.16. The Balaban J connectivity index is 2.12. The minimum absolute atomic E-state index is 0.0804. The van der Waals surface area contributed by atoms with Crippen LogP contribution in [0.25, 0.3) is 0 Å². The van der Waals surface area contributed by atoms with Crippen molar-refractivity contribution in [3.05, 3.63) is 36.2 Å². The number of anilines is 2. The average molecular weight is 302 g/mol. The normalized spacial score (nSPS) is 10.4. The monoisotopic (exact) mass is 302 g/mol. The highest BCUT2D eigenvalue weighted by Gasteiger charge is 2.05. The van der Waals surface area contributed by atoms with E-state index >= 15 is 0 Å². The molecule has 1 amide bonds. The zero-order chi connectivity index (χ0) is 15.2. The van der Waals surface area contributed by atoms with Crippen LogP contribution in [0.15, 0.2) is 40.3 Å². The molecule has 0 aliphatic rings. The van der Waals surface area contributed by atoms with Crippen molar-refractivity contribution in [3.63, 3.8) is 0 Å². The van der Waals surface area contributed by atoms with Crippen LogP contribution in [0.5, 0.6) is 0 Å². The van der Waals surface area contributed by atoms with Gasteiger partial charge in [0.2, 0.25) is 5.91 Å². The quantitative estimate of drug-likeness (QED) is 0.829. The topological polar surface area (TPSA) is 80.9 Å². The Morgan fingerprint density at radius 2 is 2.00 bits per heavy atom. The first-order valence-electron chi connectivity index (χ1n) is 6.75. The summed E-state index contributed by atoms with van der Waals surface area (Å²) in [6.45, 7) is 3.57. The summed E-state index contributed by atoms with van der Waals surface area (Å²) < 4.78 is 0. The molecule has 0 saturated heterocycles. The van der Waals surface area contributed by atoms with Gasteiger partial charge in [0.1, 0.15) is 16.7 Å². The van der Waals surface area contributed by atoms with E-state index in [-0.39, 0.29) is 5.91 Å². The van der Waals surface area contributed by atoms with E-state index in [0.717, 1.165) is 34.3 Å². The molecule has 0 aliphatic carbocycles. The van der Waals surface area contributed by atoms with Gasteiger partial charge < -0.3 is 11.1 Å². The second-order valence-corrected chi connectivity index (χ2v) is 5.70. The molecule has 0 fully saturated rings. The molecular weight excluding hydrogens is 284 g/mol. The van der Waals surface area contributed by atoms with Crippen LogP contribution in [-0.4, -0.2) is 15.9 Å². The molecule has 0 aliphatic heterocycles. The minimum Gasteiger partial charge on any atom is -0.384 e. The summed E-state index contributed by atoms with van der Waals surface area (Å²) in [6, 6.07) is 9.37. The Hall–Kier alpha value is -2.08. The zero-order valence-corrected chi connectivity index (χ0v) is 12.9. The van der Waals surface area contributed by atoms with Crippen LogP contribution >= 0.6 is 11.8 Å². The molecule has 21 heavy (non-hydrogen) atoms. The summed E-state index contributed by atoms with van der Waals surface area (Å²) >= 11 is 1.53. The fourth-order valence-electron chi connectivity index (χ4n) is 1.81. The standard InChI is InChI=1S/C15H18N4OS/c1-3-4-14-18-13(16)9-15(19-14)21-12-7-5-11(6-8-12)17-10(2)20/h5-9H,3-4H2,1-2H3,(H,17,20)(H2,16,18,19). The maximum atomic E-state index is 11.0. The van der Waals surface area contributed by atoms with Crippen molar-refractivity contribution in [2.24, 2.45) is 0 Å². The molecule has 2 aromatic rings. The SMILES string of the molecule is CCCc1nc(N)cc(Sc2ccc(NC(C)=O)cc2)n1. The maximum absolute atomic E-state index is 11.0. The number of aromatic nitrogens is 2. The minimum atomic E-state index is -0.0804. The molecule has 0 saturated carbocycles. The van der Waals surface area contributed by atoms with Crippen molar-refractivity contribution in [2.45, 2.75) is 36.6 Å². The van der Waals surface area contributed by atoms with E-state index in [1.165, 1.54) is 18.7 Å². The number of carbonyl (C=O) groups is 1. The highest BCUT2D eigenvalue weighted by molar-refractivity contribution is 7.99. The number of carbonyl (C=O) groups excluding carboxylic acids is 1. The van der Waals surface area contributed by atoms with Gasteiger partial charge in [0.25, 0.3) is 0 Å². The van der Waals surface area contributed by atoms with Gasteiger partial charge in [0.15, 0.2) is 0 Å². The third-order valence-electron chi connectivity index (χ3n) is 2.64. The van der Waals surface area contributed by atoms with Crippen molar-refractivity contribution in [1.82, 2.24) is 9.97 Å². The number of nitrogens with two attached hydrogens (primary N) is 1. The Bertz CT molecular complexity index is 628. The molecule has 2 rings (SSSR count). The number of benzene rings is 1. The van der Waals surface area contributed by atoms with Gasteiger partial charge in [-0.15, -0.1) is 0 Å². The van der Waals surface area contributed by atoms with E-state index in [2.05, 4.69) is 22.2 Å². The molecule has 0 unspecified atom stereocenters. The summed E-state index contributed by atoms with van der Waals surface area (Å²) in [5, 5.41) is 3.57. The van der Waals surface area contributed by atoms with Gasteiger partial charge in [0.05, 0.1) is 0 Å². The number of hydrogen-bond acceptors (Lipinski definition) is 5. The van der Waals surface area contributed by atoms with Crippen LogP contribution in [0.1, 0.15) is 26.1 Å². The number of nitrogens with zero attached hydrogens (tertiary/aromatic N) is 2. The molecular formula is C15H18N4OS. The second kappa shape index (κ2) is 7.08. The molecule has 1 aromatic carbocycles. The number of amides is 1. The van der Waals surface area contributed by atoms with Crippen molar-refractivity contribution >= 4 is 29.2 Å². The third-order valence-corrected chi connectivity index (χ3v) is 3.57. The van der Waals surface area contributed by atoms with Crippen LogP contribution in [0.2, 0.25) is 0 Å². The summed E-state index contributed by atoms with van der Waals surface area (Å²) in [4.78, 5) is 20.7. The highest BCUT2D eigenvalue weighted by atomic mass is 32.2. The smallest absolute Gasteiger partial charge is 0.221 e. The largest absolute Gasteiger partial charge is 0.384 e. The highest BCUT2D eigenvalue weighted by Crippen LogP contribution is 2.28. The molecule has 1 heterocycles. The molecule has 110 valence electrons. The molecule has 5 nitrogen and oxygen atoms in total. The van der Waals surface area contributed by atoms with Gasteiger partial charge in [-0.2, -0.15) is 0 Å². The predicted octanol–water partition coefficient (Wildman–Crippen LogP) is 3.12. The summed E-state index contributed by atoms with van der Waals surface area (Å²) in [5.41, 5.74) is 6.59. The van der Waals surface area contributed by atoms with Crippen molar-refractivity contribution in [1.29, 1.82) is 0 Å². The summed E-state index contributed by atoms with van der Waals surface area (Å²) in [7, 11) is 0. The van der Waals surface area contributed by atoms with Crippen LogP contribution in [0, 0.1) is 0 Å². The third kappa shape index (κ3) is 4.75. The lowest BCUT2D eigenvalue weighted by Crippen LogP contribution is -2.05. The first kappa shape index (κ1) is 15.3. The van der Waals surface area contributed by atoms with Gasteiger partial charge in [-0.05, 0) is 30.7 Å². The van der Waals surface area contributed by atoms with Crippen molar-refractivity contribution in [2.75, 3.05) is 11.1 Å². The molecule has 6 heteroatoms. The first-order valence-corrected chi connectivity index (χ1v) is 7.57. The lowest BCUT2D eigenvalue weighted by Gasteiger charge is -2.06. The van der Waals surface area contributed by atoms with E-state index < -0.39 is 0 Å². The van der Waals surface area contributed by atoms with E-state index in [1.807, 2.05) is 24.3 Å². The van der Waals surface area contributed by atoms with Gasteiger partial charge in [-0.25, -0.2) is 9.97 Å². The fourth-order valence-corrected chi connectivity index (χ4v) is 2.65. The summed E-state index contributed by atoms with van der Waals surface area (Å²) in [5.74, 6) is 1.18. The lowest BCUT2D eigenvalue weighted by molar-refractivity contribution is -0.114. The van der Waals surface area contributed by atoms with Crippen LogP contribution in [0.4, 0.5) is 11.5 Å². The van der Waals surface area contributed by atoms with Crippen LogP contribution < -0.4 is 11.1 Å². The Morgan fingerprint density at radius 3 is 2.62 bits per heavy atom. The lowest BCUT2D eigenvalue weighted by atomic mass is 10.3. The molecule has 3 N–H and O–H groups in total.